The van der Waals surface area contributed by atoms with Gasteiger partial charge in [-0.3, -0.25) is 4.79 Å². The second kappa shape index (κ2) is 5.79. The molecule has 2 rings (SSSR count). The molecule has 2 N–H and O–H groups in total. The van der Waals surface area contributed by atoms with Crippen LogP contribution in [0.1, 0.15) is 15.9 Å². The van der Waals surface area contributed by atoms with E-state index >= 15 is 0 Å². The molecule has 1 heterocycles. The van der Waals surface area contributed by atoms with E-state index < -0.39 is 5.91 Å². The van der Waals surface area contributed by atoms with Crippen LogP contribution in [0.15, 0.2) is 44.6 Å². The van der Waals surface area contributed by atoms with Crippen molar-refractivity contribution in [3.05, 3.63) is 50.6 Å². The Morgan fingerprint density at radius 3 is 2.83 bits per heavy atom. The highest BCUT2D eigenvalue weighted by atomic mass is 79.9. The molecule has 6 heteroatoms. The Labute approximate surface area is 116 Å². The number of phenolic OH excluding ortho intramolecular Hbond substituents is 1. The number of hydrazone groups is 1. The predicted molar refractivity (Wildman–Crippen MR) is 75.2 cm³/mol. The number of nitrogens with zero attached hydrogens (tertiary/aromatic N) is 1. The minimum Gasteiger partial charge on any atom is -0.507 e. The van der Waals surface area contributed by atoms with Gasteiger partial charge in [0, 0.05) is 20.8 Å². The van der Waals surface area contributed by atoms with Crippen LogP contribution in [0.25, 0.3) is 0 Å². The zero-order chi connectivity index (χ0) is 13.0. The Bertz CT molecular complexity index is 595. The standard InChI is InChI=1S/C12H9BrN2O2S/c13-10-7-18-6-8(10)5-14-15-12(17)9-3-1-2-4-11(9)16/h1-7,16H,(H,15,17)/b14-5+. The monoisotopic (exact) mass is 324 g/mol. The molecular weight excluding hydrogens is 316 g/mol. The average molecular weight is 325 g/mol. The lowest BCUT2D eigenvalue weighted by molar-refractivity contribution is 0.0952. The average Bonchev–Trinajstić information content (AvgIpc) is 2.75. The molecule has 0 unspecified atom stereocenters. The third kappa shape index (κ3) is 2.96. The van der Waals surface area contributed by atoms with Gasteiger partial charge in [0.2, 0.25) is 0 Å². The Hall–Kier alpha value is -1.66. The maximum atomic E-state index is 11.7. The molecule has 0 radical (unpaired) electrons. The molecular formula is C12H9BrN2O2S. The molecule has 0 atom stereocenters. The summed E-state index contributed by atoms with van der Waals surface area (Å²) in [6.45, 7) is 0. The van der Waals surface area contributed by atoms with Gasteiger partial charge in [-0.25, -0.2) is 5.43 Å². The third-order valence-corrected chi connectivity index (χ3v) is 3.91. The number of benzene rings is 1. The van der Waals surface area contributed by atoms with E-state index in [4.69, 9.17) is 0 Å². The van der Waals surface area contributed by atoms with Crippen molar-refractivity contribution in [3.8, 4) is 5.75 Å². The smallest absolute Gasteiger partial charge is 0.275 e. The van der Waals surface area contributed by atoms with Gasteiger partial charge in [0.15, 0.2) is 0 Å². The number of thiophene rings is 1. The molecule has 2 aromatic rings. The van der Waals surface area contributed by atoms with Crippen molar-refractivity contribution >= 4 is 39.4 Å². The maximum absolute atomic E-state index is 11.7. The summed E-state index contributed by atoms with van der Waals surface area (Å²) < 4.78 is 0.924. The minimum atomic E-state index is -0.448. The molecule has 4 nitrogen and oxygen atoms in total. The fourth-order valence-electron chi connectivity index (χ4n) is 1.27. The SMILES string of the molecule is O=C(N/N=C/c1cscc1Br)c1ccccc1O. The van der Waals surface area contributed by atoms with E-state index in [0.717, 1.165) is 10.0 Å². The van der Waals surface area contributed by atoms with Crippen LogP contribution in [0.4, 0.5) is 0 Å². The fourth-order valence-corrected chi connectivity index (χ4v) is 2.62. The zero-order valence-corrected chi connectivity index (χ0v) is 11.5. The van der Waals surface area contributed by atoms with E-state index in [9.17, 15) is 9.90 Å². The first-order valence-corrected chi connectivity index (χ1v) is 6.75. The third-order valence-electron chi connectivity index (χ3n) is 2.16. The van der Waals surface area contributed by atoms with Gasteiger partial charge in [-0.15, -0.1) is 0 Å². The first kappa shape index (κ1) is 12.8. The van der Waals surface area contributed by atoms with Crippen molar-refractivity contribution < 1.29 is 9.90 Å². The largest absolute Gasteiger partial charge is 0.507 e. The second-order valence-corrected chi connectivity index (χ2v) is 4.99. The van der Waals surface area contributed by atoms with Gasteiger partial charge in [0.1, 0.15) is 5.75 Å². The molecule has 0 aliphatic carbocycles. The van der Waals surface area contributed by atoms with E-state index in [-0.39, 0.29) is 11.3 Å². The first-order chi connectivity index (χ1) is 8.68. The molecule has 0 bridgehead atoms. The topological polar surface area (TPSA) is 61.7 Å². The van der Waals surface area contributed by atoms with E-state index in [1.807, 2.05) is 10.8 Å². The van der Waals surface area contributed by atoms with Crippen LogP contribution in [-0.4, -0.2) is 17.2 Å². The highest BCUT2D eigenvalue weighted by Crippen LogP contribution is 2.19. The molecule has 18 heavy (non-hydrogen) atoms. The van der Waals surface area contributed by atoms with Gasteiger partial charge in [-0.05, 0) is 28.1 Å². The maximum Gasteiger partial charge on any atom is 0.275 e. The lowest BCUT2D eigenvalue weighted by Crippen LogP contribution is -2.17. The lowest BCUT2D eigenvalue weighted by atomic mass is 10.2. The summed E-state index contributed by atoms with van der Waals surface area (Å²) in [5, 5.41) is 17.1. The molecule has 1 amide bonds. The Morgan fingerprint density at radius 1 is 1.39 bits per heavy atom. The van der Waals surface area contributed by atoms with E-state index in [2.05, 4.69) is 26.5 Å². The lowest BCUT2D eigenvalue weighted by Gasteiger charge is -2.01. The van der Waals surface area contributed by atoms with Crippen LogP contribution in [0.3, 0.4) is 0 Å². The van der Waals surface area contributed by atoms with E-state index in [1.54, 1.807) is 18.3 Å². The number of carbonyl (C=O) groups is 1. The van der Waals surface area contributed by atoms with Crippen molar-refractivity contribution in [3.63, 3.8) is 0 Å². The number of halogens is 1. The minimum absolute atomic E-state index is 0.0677. The zero-order valence-electron chi connectivity index (χ0n) is 9.13. The van der Waals surface area contributed by atoms with Gasteiger partial charge in [0.25, 0.3) is 5.91 Å². The molecule has 0 aliphatic rings. The van der Waals surface area contributed by atoms with Crippen LogP contribution in [-0.2, 0) is 0 Å². The Balaban J connectivity index is 2.03. The van der Waals surface area contributed by atoms with Crippen molar-refractivity contribution in [1.82, 2.24) is 5.43 Å². The molecule has 0 spiro atoms. The summed E-state index contributed by atoms with van der Waals surface area (Å²) in [5.74, 6) is -0.516. The molecule has 92 valence electrons. The van der Waals surface area contributed by atoms with E-state index in [1.165, 1.54) is 23.5 Å². The molecule has 0 aliphatic heterocycles. The Morgan fingerprint density at radius 2 is 2.17 bits per heavy atom. The molecule has 1 aromatic carbocycles. The van der Waals surface area contributed by atoms with Gasteiger partial charge in [-0.1, -0.05) is 12.1 Å². The number of phenols is 1. The number of rotatable bonds is 3. The van der Waals surface area contributed by atoms with E-state index in [0.29, 0.717) is 0 Å². The summed E-state index contributed by atoms with van der Waals surface area (Å²) in [4.78, 5) is 11.7. The summed E-state index contributed by atoms with van der Waals surface area (Å²) in [6, 6.07) is 6.31. The van der Waals surface area contributed by atoms with Crippen molar-refractivity contribution in [2.24, 2.45) is 5.10 Å². The second-order valence-electron chi connectivity index (χ2n) is 3.39. The van der Waals surface area contributed by atoms with Gasteiger partial charge < -0.3 is 5.11 Å². The normalized spacial score (nSPS) is 10.7. The number of amides is 1. The number of hydrogen-bond donors (Lipinski definition) is 2. The number of aromatic hydroxyl groups is 1. The van der Waals surface area contributed by atoms with Gasteiger partial charge in [-0.2, -0.15) is 16.4 Å². The van der Waals surface area contributed by atoms with Crippen LogP contribution in [0.2, 0.25) is 0 Å². The number of carbonyl (C=O) groups excluding carboxylic acids is 1. The quantitative estimate of drug-likeness (QED) is 0.673. The molecule has 0 saturated heterocycles. The van der Waals surface area contributed by atoms with Crippen LogP contribution < -0.4 is 5.43 Å². The summed E-state index contributed by atoms with van der Waals surface area (Å²) in [7, 11) is 0. The molecule has 0 saturated carbocycles. The number of hydrogen-bond acceptors (Lipinski definition) is 4. The molecule has 1 aromatic heterocycles. The van der Waals surface area contributed by atoms with Gasteiger partial charge >= 0.3 is 0 Å². The van der Waals surface area contributed by atoms with Crippen molar-refractivity contribution in [2.75, 3.05) is 0 Å². The predicted octanol–water partition coefficient (Wildman–Crippen LogP) is 2.98. The van der Waals surface area contributed by atoms with Crippen molar-refractivity contribution in [1.29, 1.82) is 0 Å². The summed E-state index contributed by atoms with van der Waals surface area (Å²) >= 11 is 4.89. The summed E-state index contributed by atoms with van der Waals surface area (Å²) in [5.41, 5.74) is 3.44. The molecule has 0 fully saturated rings. The van der Waals surface area contributed by atoms with Crippen LogP contribution in [0, 0.1) is 0 Å². The van der Waals surface area contributed by atoms with Gasteiger partial charge in [0.05, 0.1) is 11.8 Å². The number of para-hydroxylation sites is 1. The fraction of sp³-hybridized carbons (Fsp3) is 0. The highest BCUT2D eigenvalue weighted by molar-refractivity contribution is 9.10. The summed E-state index contributed by atoms with van der Waals surface area (Å²) in [6.07, 6.45) is 1.54. The highest BCUT2D eigenvalue weighted by Gasteiger charge is 2.08. The van der Waals surface area contributed by atoms with Crippen LogP contribution in [0.5, 0.6) is 5.75 Å². The first-order valence-electron chi connectivity index (χ1n) is 5.01. The van der Waals surface area contributed by atoms with Crippen LogP contribution >= 0.6 is 27.3 Å². The van der Waals surface area contributed by atoms with Crippen molar-refractivity contribution in [2.45, 2.75) is 0 Å². The number of nitrogens with one attached hydrogen (secondary N) is 1. The Kier molecular flexibility index (Phi) is 4.11.